The Kier molecular flexibility index (Phi) is 19.2. The summed E-state index contributed by atoms with van der Waals surface area (Å²) in [7, 11) is 10.4. The second-order valence-corrected chi connectivity index (χ2v) is 26.2. The molecule has 478 valence electrons. The molecule has 2 aromatic carbocycles. The molecule has 0 spiro atoms. The van der Waals surface area contributed by atoms with Crippen LogP contribution in [0.2, 0.25) is 5.02 Å². The molecule has 1 unspecified atom stereocenters. The van der Waals surface area contributed by atoms with Crippen LogP contribution in [0, 0.1) is 0 Å². The van der Waals surface area contributed by atoms with Gasteiger partial charge in [0.25, 0.3) is 0 Å². The van der Waals surface area contributed by atoms with Gasteiger partial charge in [-0.2, -0.15) is 0 Å². The molecule has 14 heterocycles. The number of likely N-dealkylation sites (N-methyl/N-ethyl adjacent to an activating group) is 4. The Morgan fingerprint density at radius 2 is 0.946 bits per heavy atom. The van der Waals surface area contributed by atoms with Crippen molar-refractivity contribution in [3.8, 4) is 5.75 Å². The van der Waals surface area contributed by atoms with Gasteiger partial charge in [-0.15, -0.1) is 0 Å². The summed E-state index contributed by atoms with van der Waals surface area (Å²) in [6.07, 6.45) is 24.4. The molecule has 0 fully saturated rings. The molecule has 1 atom stereocenters. The molecule has 4 aliphatic heterocycles. The number of rotatable bonds is 13. The number of hydrogen-bond acceptors (Lipinski definition) is 12. The summed E-state index contributed by atoms with van der Waals surface area (Å²) in [5.41, 5.74) is 22.4. The molecule has 0 aliphatic carbocycles. The summed E-state index contributed by atoms with van der Waals surface area (Å²) < 4.78 is 14.9. The predicted octanol–water partition coefficient (Wildman–Crippen LogP) is 12.2. The topological polar surface area (TPSA) is 139 Å². The molecule has 0 saturated carbocycles. The van der Waals surface area contributed by atoms with Gasteiger partial charge in [0.15, 0.2) is 0 Å². The van der Waals surface area contributed by atoms with Gasteiger partial charge in [-0.3, -0.25) is 29.9 Å². The van der Waals surface area contributed by atoms with Crippen molar-refractivity contribution in [1.29, 1.82) is 0 Å². The van der Waals surface area contributed by atoms with E-state index in [-0.39, 0.29) is 0 Å². The van der Waals surface area contributed by atoms with Crippen LogP contribution in [0.5, 0.6) is 5.75 Å². The van der Waals surface area contributed by atoms with Crippen LogP contribution < -0.4 is 4.74 Å². The smallest absolute Gasteiger partial charge is 0.118 e. The zero-order chi connectivity index (χ0) is 64.0. The number of aromatic nitrogens is 10. The monoisotopic (exact) mass is 1260 g/mol. The van der Waals surface area contributed by atoms with Crippen molar-refractivity contribution in [2.45, 2.75) is 110 Å². The van der Waals surface area contributed by atoms with E-state index < -0.39 is 5.60 Å². The van der Waals surface area contributed by atoms with Gasteiger partial charge in [-0.25, -0.2) is 0 Å². The molecule has 0 bridgehead atoms. The number of aryl methyl sites for hydroxylation is 6. The van der Waals surface area contributed by atoms with Crippen LogP contribution >= 0.6 is 11.6 Å². The fourth-order valence-corrected chi connectivity index (χ4v) is 14.6. The van der Waals surface area contributed by atoms with Crippen molar-refractivity contribution in [3.05, 3.63) is 243 Å². The normalized spacial score (nSPS) is 15.7. The van der Waals surface area contributed by atoms with E-state index in [1.54, 1.807) is 7.11 Å². The quantitative estimate of drug-likeness (QED) is 0.118. The molecular formula is C76H85ClN14O2. The molecule has 0 saturated heterocycles. The highest BCUT2D eigenvalue weighted by molar-refractivity contribution is 6.31. The molecule has 1 N–H and O–H groups in total. The Morgan fingerprint density at radius 3 is 1.48 bits per heavy atom. The Balaban J connectivity index is 0.000000113. The first-order chi connectivity index (χ1) is 45.4. The standard InChI is InChI=1S/C22H25ClN2O2.3C18H20N4/c1-22(26,15-4-7-17(27-3)8-5-15)14-25-20-9-6-16(23)12-18(20)19-13-24(2)11-10-21(19)25;1-21-10-6-17-16(13-21)15-4-9-20-12-18(15)22(17)11-5-14-2-7-19-8-3-14;1-21-11-7-16-15(13-21)18-17(3-2-8-20-18)22(16)12-6-14-4-9-19-10-5-14;1-21-11-8-16-15(13-21)18-17(6-4-10-20-18)22(16)12-7-14-5-2-3-9-19-14/h4-9,12,26H,10-11,13-14H2,1-3H3;2-4,7-9,12H,5-6,10-11,13H2,1H3;2-5,8-10H,6-7,11-13H2,1H3;2-6,9-10H,7-8,11-13H2,1H3. The highest BCUT2D eigenvalue weighted by Gasteiger charge is 2.31. The third kappa shape index (κ3) is 13.9. The van der Waals surface area contributed by atoms with Crippen molar-refractivity contribution in [2.75, 3.05) is 61.5 Å². The van der Waals surface area contributed by atoms with Crippen molar-refractivity contribution < 1.29 is 9.84 Å². The fraction of sp³-hybridized carbons (Fsp3) is 0.342. The second kappa shape index (κ2) is 28.3. The lowest BCUT2D eigenvalue weighted by molar-refractivity contribution is 0.0384. The molecule has 12 aromatic rings. The van der Waals surface area contributed by atoms with E-state index in [1.807, 2.05) is 117 Å². The third-order valence-corrected chi connectivity index (χ3v) is 19.5. The van der Waals surface area contributed by atoms with Crippen molar-refractivity contribution >= 4 is 55.5 Å². The number of halogens is 1. The summed E-state index contributed by atoms with van der Waals surface area (Å²) in [6.45, 7) is 13.7. The van der Waals surface area contributed by atoms with Crippen LogP contribution in [-0.2, 0) is 103 Å². The van der Waals surface area contributed by atoms with Gasteiger partial charge < -0.3 is 47.7 Å². The number of hydrogen-bond donors (Lipinski definition) is 1. The minimum atomic E-state index is -0.991. The number of methoxy groups -OCH3 is 1. The Labute approximate surface area is 550 Å². The summed E-state index contributed by atoms with van der Waals surface area (Å²) in [5, 5.41) is 14.6. The molecule has 0 amide bonds. The molecule has 4 aliphatic rings. The lowest BCUT2D eigenvalue weighted by Gasteiger charge is -2.29. The van der Waals surface area contributed by atoms with E-state index in [9.17, 15) is 5.11 Å². The van der Waals surface area contributed by atoms with Gasteiger partial charge in [-0.1, -0.05) is 29.8 Å². The minimum Gasteiger partial charge on any atom is -0.497 e. The number of ether oxygens (including phenoxy) is 1. The van der Waals surface area contributed by atoms with Crippen LogP contribution in [0.3, 0.4) is 0 Å². The van der Waals surface area contributed by atoms with E-state index in [2.05, 4.69) is 157 Å². The average Bonchev–Trinajstić information content (AvgIpc) is 2.56. The number of benzene rings is 2. The Hall–Kier alpha value is -8.61. The van der Waals surface area contributed by atoms with Crippen molar-refractivity contribution in [2.24, 2.45) is 0 Å². The first kappa shape index (κ1) is 63.2. The highest BCUT2D eigenvalue weighted by Crippen LogP contribution is 2.37. The van der Waals surface area contributed by atoms with E-state index in [0.717, 1.165) is 144 Å². The van der Waals surface area contributed by atoms with Gasteiger partial charge in [0.1, 0.15) is 11.4 Å². The van der Waals surface area contributed by atoms with Gasteiger partial charge >= 0.3 is 0 Å². The van der Waals surface area contributed by atoms with E-state index in [0.29, 0.717) is 6.54 Å². The zero-order valence-electron chi connectivity index (χ0n) is 54.6. The lowest BCUT2D eigenvalue weighted by atomic mass is 9.95. The molecular weight excluding hydrogens is 1180 g/mol. The highest BCUT2D eigenvalue weighted by atomic mass is 35.5. The fourth-order valence-electron chi connectivity index (χ4n) is 14.4. The van der Waals surface area contributed by atoms with E-state index in [1.165, 1.54) is 94.5 Å². The molecule has 16 nitrogen and oxygen atoms in total. The molecule has 93 heavy (non-hydrogen) atoms. The van der Waals surface area contributed by atoms with Crippen LogP contribution in [0.15, 0.2) is 171 Å². The lowest BCUT2D eigenvalue weighted by Crippen LogP contribution is -2.31. The molecule has 17 heteroatoms. The summed E-state index contributed by atoms with van der Waals surface area (Å²) >= 11 is 6.28. The molecule has 10 aromatic heterocycles. The van der Waals surface area contributed by atoms with Crippen LogP contribution in [0.25, 0.3) is 43.9 Å². The minimum absolute atomic E-state index is 0.497. The van der Waals surface area contributed by atoms with Gasteiger partial charge in [0, 0.05) is 215 Å². The maximum Gasteiger partial charge on any atom is 0.118 e. The van der Waals surface area contributed by atoms with Crippen molar-refractivity contribution in [3.63, 3.8) is 0 Å². The predicted molar refractivity (Wildman–Crippen MR) is 373 cm³/mol. The summed E-state index contributed by atoms with van der Waals surface area (Å²) in [6, 6.07) is 38.9. The summed E-state index contributed by atoms with van der Waals surface area (Å²) in [5.74, 6) is 0.788. The van der Waals surface area contributed by atoms with Crippen LogP contribution in [0.1, 0.15) is 74.3 Å². The summed E-state index contributed by atoms with van der Waals surface area (Å²) in [4.78, 5) is 35.8. The van der Waals surface area contributed by atoms with Gasteiger partial charge in [0.2, 0.25) is 0 Å². The Bertz CT molecular complexity index is 4180. The first-order valence-electron chi connectivity index (χ1n) is 32.8. The SMILES string of the molecule is CN1CCc2c(c3ccncc3n2CCc2ccncc2)C1.CN1CCc2c(c3ncccc3n2CCc2ccccn2)C1.CN1CCc2c(c3ncccc3n2CCc2ccncc2)C1.COc1ccc(C(C)(O)Cn2c3c(c4cc(Cl)ccc42)CN(C)CC3)cc1. The largest absolute Gasteiger partial charge is 0.497 e. The van der Waals surface area contributed by atoms with Crippen molar-refractivity contribution in [1.82, 2.24) is 67.8 Å². The van der Waals surface area contributed by atoms with Gasteiger partial charge in [-0.05, 0) is 173 Å². The second-order valence-electron chi connectivity index (χ2n) is 25.8. The number of nitrogens with zero attached hydrogens (tertiary/aromatic N) is 14. The number of pyridine rings is 6. The number of fused-ring (bicyclic) bond motifs is 12. The van der Waals surface area contributed by atoms with Gasteiger partial charge in [0.05, 0.1) is 47.4 Å². The molecule has 0 radical (unpaired) electrons. The number of aliphatic hydroxyl groups is 1. The average molecular weight is 1260 g/mol. The molecule has 16 rings (SSSR count). The Morgan fingerprint density at radius 1 is 0.462 bits per heavy atom. The van der Waals surface area contributed by atoms with E-state index >= 15 is 0 Å². The zero-order valence-corrected chi connectivity index (χ0v) is 55.4. The van der Waals surface area contributed by atoms with Crippen LogP contribution in [-0.4, -0.2) is 134 Å². The maximum absolute atomic E-state index is 11.3. The first-order valence-corrected chi connectivity index (χ1v) is 33.2. The van der Waals surface area contributed by atoms with Crippen LogP contribution in [0.4, 0.5) is 0 Å². The van der Waals surface area contributed by atoms with E-state index in [4.69, 9.17) is 16.3 Å². The maximum atomic E-state index is 11.3. The third-order valence-electron chi connectivity index (χ3n) is 19.3.